The Bertz CT molecular complexity index is 428. The van der Waals surface area contributed by atoms with Gasteiger partial charge in [0.15, 0.2) is 5.96 Å². The van der Waals surface area contributed by atoms with Crippen molar-refractivity contribution in [3.63, 3.8) is 0 Å². The van der Waals surface area contributed by atoms with E-state index in [0.717, 1.165) is 25.9 Å². The van der Waals surface area contributed by atoms with Gasteiger partial charge in [0.05, 0.1) is 0 Å². The number of nitrogens with two attached hydrogens (primary N) is 1. The monoisotopic (exact) mass is 299 g/mol. The van der Waals surface area contributed by atoms with Crippen molar-refractivity contribution in [2.45, 2.75) is 19.3 Å². The Labute approximate surface area is 109 Å². The number of benzene rings is 1. The molecule has 2 rings (SSSR count). The minimum Gasteiger partial charge on any atom is -0.369 e. The lowest BCUT2D eigenvalue weighted by atomic mass is 10.1. The molecular weight excluding hydrogens is 285 g/mol. The number of rotatable bonds is 1. The smallest absolute Gasteiger partial charge is 0.196 e. The second-order valence-corrected chi connectivity index (χ2v) is 5.03. The van der Waals surface area contributed by atoms with Gasteiger partial charge in [-0.3, -0.25) is 0 Å². The standard InChI is InChI=1S/C12H15BrFN3/c13-9-4-5-11(10(14)8-9)16-12(15)17-6-2-1-3-7-17/h4-5,8H,1-3,6-7H2,(H2,15,16). The lowest BCUT2D eigenvalue weighted by molar-refractivity contribution is 0.339. The van der Waals surface area contributed by atoms with Crippen LogP contribution in [0.15, 0.2) is 27.7 Å². The summed E-state index contributed by atoms with van der Waals surface area (Å²) in [5, 5.41) is 0. The van der Waals surface area contributed by atoms with E-state index in [9.17, 15) is 4.39 Å². The number of halogens is 2. The Morgan fingerprint density at radius 3 is 2.65 bits per heavy atom. The van der Waals surface area contributed by atoms with Crippen molar-refractivity contribution < 1.29 is 4.39 Å². The first kappa shape index (κ1) is 12.4. The molecule has 1 fully saturated rings. The molecule has 1 aromatic carbocycles. The molecule has 1 aromatic rings. The van der Waals surface area contributed by atoms with Gasteiger partial charge in [-0.15, -0.1) is 0 Å². The highest BCUT2D eigenvalue weighted by Crippen LogP contribution is 2.22. The summed E-state index contributed by atoms with van der Waals surface area (Å²) in [6, 6.07) is 4.77. The van der Waals surface area contributed by atoms with E-state index in [0.29, 0.717) is 10.4 Å². The van der Waals surface area contributed by atoms with Crippen molar-refractivity contribution in [1.82, 2.24) is 4.90 Å². The fourth-order valence-electron chi connectivity index (χ4n) is 1.89. The van der Waals surface area contributed by atoms with Gasteiger partial charge in [0.2, 0.25) is 0 Å². The Kier molecular flexibility index (Phi) is 3.99. The molecule has 0 unspecified atom stereocenters. The van der Waals surface area contributed by atoms with Crippen molar-refractivity contribution in [2.24, 2.45) is 10.7 Å². The minimum absolute atomic E-state index is 0.288. The van der Waals surface area contributed by atoms with Crippen molar-refractivity contribution in [3.05, 3.63) is 28.5 Å². The van der Waals surface area contributed by atoms with E-state index in [-0.39, 0.29) is 11.5 Å². The summed E-state index contributed by atoms with van der Waals surface area (Å²) in [5.41, 5.74) is 6.17. The molecule has 0 amide bonds. The Morgan fingerprint density at radius 1 is 1.29 bits per heavy atom. The highest BCUT2D eigenvalue weighted by molar-refractivity contribution is 9.10. The number of aliphatic imine (C=N–C) groups is 1. The van der Waals surface area contributed by atoms with Crippen LogP contribution in [0.4, 0.5) is 10.1 Å². The zero-order valence-corrected chi connectivity index (χ0v) is 11.1. The number of likely N-dealkylation sites (tertiary alicyclic amines) is 1. The molecule has 0 radical (unpaired) electrons. The third-order valence-electron chi connectivity index (χ3n) is 2.82. The molecule has 0 bridgehead atoms. The number of piperidine rings is 1. The highest BCUT2D eigenvalue weighted by atomic mass is 79.9. The van der Waals surface area contributed by atoms with E-state index in [1.54, 1.807) is 12.1 Å². The van der Waals surface area contributed by atoms with Crippen LogP contribution < -0.4 is 5.73 Å². The molecule has 0 spiro atoms. The molecule has 1 saturated heterocycles. The number of hydrogen-bond acceptors (Lipinski definition) is 1. The SMILES string of the molecule is NC(=Nc1ccc(Br)cc1F)N1CCCCC1. The van der Waals surface area contributed by atoms with E-state index in [1.165, 1.54) is 12.5 Å². The molecule has 1 aliphatic rings. The van der Waals surface area contributed by atoms with Gasteiger partial charge in [-0.25, -0.2) is 9.38 Å². The first-order chi connectivity index (χ1) is 8.16. The molecule has 1 heterocycles. The third-order valence-corrected chi connectivity index (χ3v) is 3.32. The molecule has 17 heavy (non-hydrogen) atoms. The fraction of sp³-hybridized carbons (Fsp3) is 0.417. The molecule has 2 N–H and O–H groups in total. The van der Waals surface area contributed by atoms with E-state index >= 15 is 0 Å². The van der Waals surface area contributed by atoms with Crippen molar-refractivity contribution >= 4 is 27.6 Å². The maximum atomic E-state index is 13.6. The van der Waals surface area contributed by atoms with Crippen molar-refractivity contribution in [2.75, 3.05) is 13.1 Å². The summed E-state index contributed by atoms with van der Waals surface area (Å²) >= 11 is 3.21. The van der Waals surface area contributed by atoms with Crippen LogP contribution in [0.1, 0.15) is 19.3 Å². The predicted molar refractivity (Wildman–Crippen MR) is 70.8 cm³/mol. The molecular formula is C12H15BrFN3. The van der Waals surface area contributed by atoms with Crippen LogP contribution in [0.2, 0.25) is 0 Å². The second kappa shape index (κ2) is 5.49. The van der Waals surface area contributed by atoms with E-state index in [2.05, 4.69) is 20.9 Å². The largest absolute Gasteiger partial charge is 0.369 e. The maximum Gasteiger partial charge on any atom is 0.196 e. The molecule has 0 aliphatic carbocycles. The lowest BCUT2D eigenvalue weighted by Gasteiger charge is -2.27. The van der Waals surface area contributed by atoms with Gasteiger partial charge in [-0.2, -0.15) is 0 Å². The van der Waals surface area contributed by atoms with Crippen molar-refractivity contribution in [1.29, 1.82) is 0 Å². The molecule has 5 heteroatoms. The Hall–Kier alpha value is -1.10. The average molecular weight is 300 g/mol. The molecule has 1 aliphatic heterocycles. The summed E-state index contributed by atoms with van der Waals surface area (Å²) in [6.07, 6.45) is 3.48. The fourth-order valence-corrected chi connectivity index (χ4v) is 2.22. The van der Waals surface area contributed by atoms with Crippen LogP contribution >= 0.6 is 15.9 Å². The summed E-state index contributed by atoms with van der Waals surface area (Å²) in [5.74, 6) is 0.0465. The normalized spacial score (nSPS) is 17.3. The molecule has 0 saturated carbocycles. The van der Waals surface area contributed by atoms with Gasteiger partial charge in [-0.05, 0) is 37.5 Å². The molecule has 92 valence electrons. The lowest BCUT2D eigenvalue weighted by Crippen LogP contribution is -2.40. The molecule has 3 nitrogen and oxygen atoms in total. The van der Waals surface area contributed by atoms with Gasteiger partial charge in [0.25, 0.3) is 0 Å². The predicted octanol–water partition coefficient (Wildman–Crippen LogP) is 3.02. The average Bonchev–Trinajstić information content (AvgIpc) is 2.34. The zero-order valence-electron chi connectivity index (χ0n) is 9.50. The first-order valence-corrected chi connectivity index (χ1v) is 6.50. The van der Waals surface area contributed by atoms with Gasteiger partial charge < -0.3 is 10.6 Å². The quantitative estimate of drug-likeness (QED) is 0.640. The van der Waals surface area contributed by atoms with Crippen LogP contribution in [-0.4, -0.2) is 23.9 Å². The van der Waals surface area contributed by atoms with Gasteiger partial charge in [-0.1, -0.05) is 15.9 Å². The van der Waals surface area contributed by atoms with Gasteiger partial charge >= 0.3 is 0 Å². The summed E-state index contributed by atoms with van der Waals surface area (Å²) < 4.78 is 14.3. The summed E-state index contributed by atoms with van der Waals surface area (Å²) in [7, 11) is 0. The molecule has 0 aromatic heterocycles. The van der Waals surface area contributed by atoms with Crippen LogP contribution in [0.5, 0.6) is 0 Å². The number of hydrogen-bond donors (Lipinski definition) is 1. The highest BCUT2D eigenvalue weighted by Gasteiger charge is 2.12. The topological polar surface area (TPSA) is 41.6 Å². The molecule has 0 atom stereocenters. The minimum atomic E-state index is -0.362. The first-order valence-electron chi connectivity index (χ1n) is 5.71. The zero-order chi connectivity index (χ0) is 12.3. The second-order valence-electron chi connectivity index (χ2n) is 4.11. The number of guanidine groups is 1. The van der Waals surface area contributed by atoms with Crippen LogP contribution in [0.25, 0.3) is 0 Å². The van der Waals surface area contributed by atoms with Crippen LogP contribution in [-0.2, 0) is 0 Å². The summed E-state index contributed by atoms with van der Waals surface area (Å²) in [4.78, 5) is 6.15. The van der Waals surface area contributed by atoms with Gasteiger partial charge in [0, 0.05) is 17.6 Å². The maximum absolute atomic E-state index is 13.6. The van der Waals surface area contributed by atoms with Crippen LogP contribution in [0, 0.1) is 5.82 Å². The Balaban J connectivity index is 2.16. The van der Waals surface area contributed by atoms with Crippen LogP contribution in [0.3, 0.4) is 0 Å². The van der Waals surface area contributed by atoms with E-state index in [4.69, 9.17) is 5.73 Å². The third kappa shape index (κ3) is 3.19. The number of nitrogens with zero attached hydrogens (tertiary/aromatic N) is 2. The van der Waals surface area contributed by atoms with E-state index < -0.39 is 0 Å². The van der Waals surface area contributed by atoms with E-state index in [1.807, 2.05) is 4.90 Å². The Morgan fingerprint density at radius 2 is 2.00 bits per heavy atom. The summed E-state index contributed by atoms with van der Waals surface area (Å²) in [6.45, 7) is 1.82. The van der Waals surface area contributed by atoms with Crippen molar-refractivity contribution in [3.8, 4) is 0 Å². The van der Waals surface area contributed by atoms with Gasteiger partial charge in [0.1, 0.15) is 11.5 Å².